The number of hydrogen-bond donors (Lipinski definition) is 0. The van der Waals surface area contributed by atoms with Gasteiger partial charge in [0.2, 0.25) is 0 Å². The fraction of sp³-hybridized carbons (Fsp3) is 1.00. The fourth-order valence-electron chi connectivity index (χ4n) is 0.585. The first-order chi connectivity index (χ1) is 6.73. The van der Waals surface area contributed by atoms with Gasteiger partial charge in [-0.3, -0.25) is 0 Å². The molecule has 0 rings (SSSR count). The van der Waals surface area contributed by atoms with Gasteiger partial charge in [0.1, 0.15) is 13.3 Å². The van der Waals surface area contributed by atoms with Gasteiger partial charge in [-0.05, 0) is 0 Å². The van der Waals surface area contributed by atoms with E-state index in [4.69, 9.17) is 0 Å². The van der Waals surface area contributed by atoms with Crippen LogP contribution in [0.15, 0.2) is 0 Å². The van der Waals surface area contributed by atoms with Crippen molar-refractivity contribution in [2.45, 2.75) is 18.4 Å². The molecule has 0 aromatic carbocycles. The van der Waals surface area contributed by atoms with Crippen LogP contribution in [-0.4, -0.2) is 38.5 Å². The molecule has 9 heteroatoms. The van der Waals surface area contributed by atoms with E-state index in [2.05, 4.69) is 9.47 Å². The van der Waals surface area contributed by atoms with Crippen molar-refractivity contribution in [1.29, 1.82) is 0 Å². The minimum atomic E-state index is -5.26. The molecule has 0 spiro atoms. The lowest BCUT2D eigenvalue weighted by atomic mass is 10.4. The van der Waals surface area contributed by atoms with E-state index in [0.717, 1.165) is 0 Å². The van der Waals surface area contributed by atoms with Crippen molar-refractivity contribution in [1.82, 2.24) is 0 Å². The van der Waals surface area contributed by atoms with E-state index in [-0.39, 0.29) is 0 Å². The molecule has 0 saturated carbocycles. The van der Waals surface area contributed by atoms with Crippen LogP contribution in [0.4, 0.5) is 30.7 Å². The van der Waals surface area contributed by atoms with Gasteiger partial charge in [0, 0.05) is 0 Å². The lowest BCUT2D eigenvalue weighted by Gasteiger charge is -2.23. The van der Waals surface area contributed by atoms with Crippen molar-refractivity contribution in [3.63, 3.8) is 0 Å². The second kappa shape index (κ2) is 5.50. The molecular formula is C6H7F7O2. The Bertz CT molecular complexity index is 181. The lowest BCUT2D eigenvalue weighted by Crippen LogP contribution is -2.41. The van der Waals surface area contributed by atoms with Gasteiger partial charge in [-0.15, -0.1) is 0 Å². The summed E-state index contributed by atoms with van der Waals surface area (Å²) < 4.78 is 89.7. The first kappa shape index (κ1) is 14.4. The molecule has 0 bridgehead atoms. The second-order valence-corrected chi connectivity index (χ2v) is 2.40. The van der Waals surface area contributed by atoms with Crippen LogP contribution in [-0.2, 0) is 9.47 Å². The summed E-state index contributed by atoms with van der Waals surface area (Å²) in [5.74, 6) is 0. The minimum absolute atomic E-state index is 1.61. The normalized spacial score (nSPS) is 15.4. The van der Waals surface area contributed by atoms with Gasteiger partial charge >= 0.3 is 12.3 Å². The summed E-state index contributed by atoms with van der Waals surface area (Å²) in [5, 5.41) is 0. The maximum absolute atomic E-state index is 12.4. The van der Waals surface area contributed by atoms with Crippen LogP contribution in [0.25, 0.3) is 0 Å². The maximum Gasteiger partial charge on any atom is 0.417 e. The quantitative estimate of drug-likeness (QED) is 0.668. The highest BCUT2D eigenvalue weighted by Gasteiger charge is 2.47. The van der Waals surface area contributed by atoms with Gasteiger partial charge in [0.25, 0.3) is 0 Å². The number of halogens is 7. The fourth-order valence-corrected chi connectivity index (χ4v) is 0.585. The number of ether oxygens (including phenoxy) is 2. The largest absolute Gasteiger partial charge is 0.417 e. The molecule has 1 atom stereocenters. The van der Waals surface area contributed by atoms with Gasteiger partial charge in [-0.25, -0.2) is 8.78 Å². The summed E-state index contributed by atoms with van der Waals surface area (Å²) in [5.41, 5.74) is 0. The van der Waals surface area contributed by atoms with Gasteiger partial charge < -0.3 is 9.47 Å². The first-order valence-corrected chi connectivity index (χ1v) is 3.55. The predicted octanol–water partition coefficient (Wildman–Crippen LogP) is 2.44. The van der Waals surface area contributed by atoms with Crippen LogP contribution >= 0.6 is 0 Å². The van der Waals surface area contributed by atoms with Crippen molar-refractivity contribution < 1.29 is 40.2 Å². The van der Waals surface area contributed by atoms with Crippen LogP contribution in [0.3, 0.4) is 0 Å². The highest BCUT2D eigenvalue weighted by molar-refractivity contribution is 4.69. The van der Waals surface area contributed by atoms with Gasteiger partial charge in [-0.2, -0.15) is 22.0 Å². The van der Waals surface area contributed by atoms with Crippen molar-refractivity contribution in [2.24, 2.45) is 0 Å². The van der Waals surface area contributed by atoms with E-state index in [1.165, 1.54) is 0 Å². The molecule has 0 saturated heterocycles. The summed E-state index contributed by atoms with van der Waals surface area (Å²) in [7, 11) is 0. The molecule has 0 aliphatic carbocycles. The molecule has 0 radical (unpaired) electrons. The molecule has 0 amide bonds. The predicted molar refractivity (Wildman–Crippen MR) is 33.8 cm³/mol. The molecule has 0 aliphatic heterocycles. The Morgan fingerprint density at radius 3 is 1.87 bits per heavy atom. The second-order valence-electron chi connectivity index (χ2n) is 2.40. The SMILES string of the molecule is FCOCC(F)(F)OC(CF)C(F)(F)F. The Kier molecular flexibility index (Phi) is 5.29. The number of rotatable bonds is 6. The zero-order valence-electron chi connectivity index (χ0n) is 7.16. The third-order valence-electron chi connectivity index (χ3n) is 1.17. The van der Waals surface area contributed by atoms with E-state index < -0.39 is 38.5 Å². The third-order valence-corrected chi connectivity index (χ3v) is 1.17. The van der Waals surface area contributed by atoms with Crippen molar-refractivity contribution in [3.8, 4) is 0 Å². The molecule has 0 fully saturated rings. The molecule has 0 heterocycles. The molecule has 0 aromatic heterocycles. The van der Waals surface area contributed by atoms with Gasteiger partial charge in [0.05, 0.1) is 0 Å². The van der Waals surface area contributed by atoms with E-state index in [9.17, 15) is 30.7 Å². The first-order valence-electron chi connectivity index (χ1n) is 3.55. The van der Waals surface area contributed by atoms with Gasteiger partial charge in [0.15, 0.2) is 13.0 Å². The summed E-state index contributed by atoms with van der Waals surface area (Å²) in [4.78, 5) is 0. The van der Waals surface area contributed by atoms with Crippen LogP contribution in [0.1, 0.15) is 0 Å². The smallest absolute Gasteiger partial charge is 0.341 e. The zero-order chi connectivity index (χ0) is 12.1. The van der Waals surface area contributed by atoms with Crippen molar-refractivity contribution >= 4 is 0 Å². The van der Waals surface area contributed by atoms with Crippen LogP contribution in [0.5, 0.6) is 0 Å². The van der Waals surface area contributed by atoms with Gasteiger partial charge in [-0.1, -0.05) is 0 Å². The molecule has 0 N–H and O–H groups in total. The Labute approximate surface area is 79.9 Å². The molecule has 92 valence electrons. The highest BCUT2D eigenvalue weighted by atomic mass is 19.4. The average molecular weight is 244 g/mol. The van der Waals surface area contributed by atoms with E-state index in [0.29, 0.717) is 0 Å². The summed E-state index contributed by atoms with van der Waals surface area (Å²) in [6, 6.07) is 0. The molecule has 2 nitrogen and oxygen atoms in total. The topological polar surface area (TPSA) is 18.5 Å². The Morgan fingerprint density at radius 1 is 1.00 bits per heavy atom. The monoisotopic (exact) mass is 244 g/mol. The van der Waals surface area contributed by atoms with E-state index in [1.54, 1.807) is 0 Å². The molecule has 0 aromatic rings. The Morgan fingerprint density at radius 2 is 1.53 bits per heavy atom. The molecule has 1 unspecified atom stereocenters. The van der Waals surface area contributed by atoms with Crippen LogP contribution < -0.4 is 0 Å². The summed E-state index contributed by atoms with van der Waals surface area (Å²) >= 11 is 0. The Hall–Kier alpha value is -0.570. The Balaban J connectivity index is 4.27. The standard InChI is InChI=1S/C6H7F7O2/c7-1-4(6(11,12)13)15-5(9,10)2-14-3-8/h4H,1-3H2. The zero-order valence-corrected chi connectivity index (χ0v) is 7.16. The van der Waals surface area contributed by atoms with E-state index >= 15 is 0 Å². The molecule has 0 aliphatic rings. The minimum Gasteiger partial charge on any atom is -0.341 e. The number of alkyl halides is 7. The van der Waals surface area contributed by atoms with Crippen LogP contribution in [0, 0.1) is 0 Å². The third kappa shape index (κ3) is 5.78. The average Bonchev–Trinajstić information content (AvgIpc) is 2.09. The van der Waals surface area contributed by atoms with Crippen molar-refractivity contribution in [3.05, 3.63) is 0 Å². The lowest BCUT2D eigenvalue weighted by molar-refractivity contribution is -0.340. The van der Waals surface area contributed by atoms with Crippen LogP contribution in [0.2, 0.25) is 0 Å². The maximum atomic E-state index is 12.4. The summed E-state index contributed by atoms with van der Waals surface area (Å²) in [6.07, 6.45) is -12.9. The summed E-state index contributed by atoms with van der Waals surface area (Å²) in [6.45, 7) is -5.48. The molecule has 15 heavy (non-hydrogen) atoms. The number of hydrogen-bond acceptors (Lipinski definition) is 2. The van der Waals surface area contributed by atoms with E-state index in [1.807, 2.05) is 0 Å². The molecular weight excluding hydrogens is 237 g/mol. The van der Waals surface area contributed by atoms with Crippen molar-refractivity contribution in [2.75, 3.05) is 20.1 Å². The highest BCUT2D eigenvalue weighted by Crippen LogP contribution is 2.29.